The van der Waals surface area contributed by atoms with Gasteiger partial charge in [0.15, 0.2) is 0 Å². The molecule has 20 heavy (non-hydrogen) atoms. The Bertz CT molecular complexity index is 391. The number of amides is 1. The summed E-state index contributed by atoms with van der Waals surface area (Å²) in [6, 6.07) is 7.88. The van der Waals surface area contributed by atoms with E-state index in [0.29, 0.717) is 19.6 Å². The molecule has 1 aromatic carbocycles. The van der Waals surface area contributed by atoms with Crippen molar-refractivity contribution in [3.8, 4) is 5.75 Å². The van der Waals surface area contributed by atoms with Gasteiger partial charge in [0.2, 0.25) is 5.91 Å². The highest BCUT2D eigenvalue weighted by Gasteiger charge is 2.03. The van der Waals surface area contributed by atoms with Crippen LogP contribution in [0.4, 0.5) is 0 Å². The Morgan fingerprint density at radius 1 is 1.20 bits per heavy atom. The van der Waals surface area contributed by atoms with E-state index in [-0.39, 0.29) is 5.91 Å². The first kappa shape index (κ1) is 16.5. The minimum Gasteiger partial charge on any atom is -0.493 e. The lowest BCUT2D eigenvalue weighted by molar-refractivity contribution is -0.129. The molecule has 0 unspecified atom stereocenters. The molecule has 1 N–H and O–H groups in total. The second kappa shape index (κ2) is 9.34. The number of nitrogens with one attached hydrogen (secondary N) is 1. The molecule has 0 aliphatic heterocycles. The normalized spacial score (nSPS) is 10.3. The number of methoxy groups -OCH3 is 1. The molecule has 5 nitrogen and oxygen atoms in total. The highest BCUT2D eigenvalue weighted by molar-refractivity contribution is 5.75. The molecule has 0 aliphatic rings. The molecule has 0 saturated carbocycles. The summed E-state index contributed by atoms with van der Waals surface area (Å²) in [5.74, 6) is 0.862. The topological polar surface area (TPSA) is 50.8 Å². The third-order valence-corrected chi connectivity index (χ3v) is 2.82. The standard InChI is InChI=1S/C15H24N2O3/c1-17(2)15(18)8-10-20-14-6-4-13(5-7-14)12-16-9-11-19-3/h4-7,16H,8-12H2,1-3H3. The van der Waals surface area contributed by atoms with Crippen LogP contribution in [0.2, 0.25) is 0 Å². The van der Waals surface area contributed by atoms with Crippen molar-refractivity contribution in [2.45, 2.75) is 13.0 Å². The maximum Gasteiger partial charge on any atom is 0.225 e. The van der Waals surface area contributed by atoms with Crippen LogP contribution in [0.5, 0.6) is 5.75 Å². The first-order valence-corrected chi connectivity index (χ1v) is 6.75. The minimum absolute atomic E-state index is 0.0731. The summed E-state index contributed by atoms with van der Waals surface area (Å²) in [5.41, 5.74) is 1.19. The Labute approximate surface area is 120 Å². The SMILES string of the molecule is COCCNCc1ccc(OCCC(=O)N(C)C)cc1. The van der Waals surface area contributed by atoms with Gasteiger partial charge in [0.1, 0.15) is 5.75 Å². The summed E-state index contributed by atoms with van der Waals surface area (Å²) in [7, 11) is 5.18. The molecule has 0 aromatic heterocycles. The quantitative estimate of drug-likeness (QED) is 0.692. The van der Waals surface area contributed by atoms with E-state index in [9.17, 15) is 4.79 Å². The van der Waals surface area contributed by atoms with Crippen LogP contribution in [0.25, 0.3) is 0 Å². The Morgan fingerprint density at radius 2 is 1.90 bits per heavy atom. The summed E-state index contributed by atoms with van der Waals surface area (Å²) in [6.07, 6.45) is 0.396. The number of benzene rings is 1. The lowest BCUT2D eigenvalue weighted by atomic mass is 10.2. The summed E-state index contributed by atoms with van der Waals surface area (Å²) < 4.78 is 10.5. The van der Waals surface area contributed by atoms with Gasteiger partial charge in [0.05, 0.1) is 19.6 Å². The van der Waals surface area contributed by atoms with Crippen LogP contribution in [0.1, 0.15) is 12.0 Å². The number of carbonyl (C=O) groups excluding carboxylic acids is 1. The monoisotopic (exact) mass is 280 g/mol. The van der Waals surface area contributed by atoms with Crippen LogP contribution in [0.15, 0.2) is 24.3 Å². The second-order valence-corrected chi connectivity index (χ2v) is 4.70. The van der Waals surface area contributed by atoms with Crippen molar-refractivity contribution >= 4 is 5.91 Å². The molecule has 0 bridgehead atoms. The number of nitrogens with zero attached hydrogens (tertiary/aromatic N) is 1. The van der Waals surface area contributed by atoms with Crippen LogP contribution in [0.3, 0.4) is 0 Å². The summed E-state index contributed by atoms with van der Waals surface area (Å²) in [5, 5.41) is 3.28. The number of hydrogen-bond donors (Lipinski definition) is 1. The van der Waals surface area contributed by atoms with Gasteiger partial charge >= 0.3 is 0 Å². The van der Waals surface area contributed by atoms with E-state index >= 15 is 0 Å². The predicted molar refractivity (Wildman–Crippen MR) is 78.8 cm³/mol. The van der Waals surface area contributed by atoms with E-state index in [2.05, 4.69) is 5.32 Å². The Balaban J connectivity index is 2.26. The highest BCUT2D eigenvalue weighted by atomic mass is 16.5. The van der Waals surface area contributed by atoms with Gasteiger partial charge in [0.25, 0.3) is 0 Å². The Kier molecular flexibility index (Phi) is 7.69. The van der Waals surface area contributed by atoms with E-state index in [1.807, 2.05) is 24.3 Å². The fourth-order valence-corrected chi connectivity index (χ4v) is 1.59. The van der Waals surface area contributed by atoms with Crippen molar-refractivity contribution in [1.82, 2.24) is 10.2 Å². The van der Waals surface area contributed by atoms with Crippen molar-refractivity contribution in [2.75, 3.05) is 41.0 Å². The zero-order chi connectivity index (χ0) is 14.8. The van der Waals surface area contributed by atoms with Crippen LogP contribution in [0, 0.1) is 0 Å². The molecule has 0 saturated heterocycles. The van der Waals surface area contributed by atoms with Gasteiger partial charge in [-0.1, -0.05) is 12.1 Å². The van der Waals surface area contributed by atoms with Crippen molar-refractivity contribution in [3.63, 3.8) is 0 Å². The molecule has 0 atom stereocenters. The number of ether oxygens (including phenoxy) is 2. The van der Waals surface area contributed by atoms with Crippen molar-refractivity contribution in [1.29, 1.82) is 0 Å². The molecule has 0 aliphatic carbocycles. The zero-order valence-corrected chi connectivity index (χ0v) is 12.5. The molecule has 5 heteroatoms. The summed E-state index contributed by atoms with van der Waals surface area (Å²) in [6.45, 7) is 2.76. The maximum atomic E-state index is 11.4. The van der Waals surface area contributed by atoms with E-state index < -0.39 is 0 Å². The van der Waals surface area contributed by atoms with Crippen LogP contribution in [-0.4, -0.2) is 51.8 Å². The summed E-state index contributed by atoms with van der Waals surface area (Å²) in [4.78, 5) is 13.0. The fourth-order valence-electron chi connectivity index (χ4n) is 1.59. The number of rotatable bonds is 9. The molecule has 0 fully saturated rings. The highest BCUT2D eigenvalue weighted by Crippen LogP contribution is 2.12. The number of carbonyl (C=O) groups is 1. The fraction of sp³-hybridized carbons (Fsp3) is 0.533. The van der Waals surface area contributed by atoms with Crippen molar-refractivity contribution in [2.24, 2.45) is 0 Å². The van der Waals surface area contributed by atoms with Gasteiger partial charge in [-0.15, -0.1) is 0 Å². The smallest absolute Gasteiger partial charge is 0.225 e. The Morgan fingerprint density at radius 3 is 2.50 bits per heavy atom. The van der Waals surface area contributed by atoms with E-state index in [1.54, 1.807) is 26.1 Å². The first-order chi connectivity index (χ1) is 9.63. The third kappa shape index (κ3) is 6.54. The Hall–Kier alpha value is -1.59. The molecule has 1 amide bonds. The average molecular weight is 280 g/mol. The van der Waals surface area contributed by atoms with Crippen LogP contribution < -0.4 is 10.1 Å². The number of hydrogen-bond acceptors (Lipinski definition) is 4. The van der Waals surface area contributed by atoms with Gasteiger partial charge in [0, 0.05) is 34.3 Å². The van der Waals surface area contributed by atoms with Gasteiger partial charge < -0.3 is 19.7 Å². The van der Waals surface area contributed by atoms with Gasteiger partial charge in [-0.3, -0.25) is 4.79 Å². The zero-order valence-electron chi connectivity index (χ0n) is 12.5. The minimum atomic E-state index is 0.0731. The molecular formula is C15H24N2O3. The first-order valence-electron chi connectivity index (χ1n) is 6.75. The average Bonchev–Trinajstić information content (AvgIpc) is 2.45. The van der Waals surface area contributed by atoms with E-state index in [4.69, 9.17) is 9.47 Å². The molecule has 0 spiro atoms. The maximum absolute atomic E-state index is 11.4. The lowest BCUT2D eigenvalue weighted by Gasteiger charge is -2.11. The van der Waals surface area contributed by atoms with Gasteiger partial charge in [-0.2, -0.15) is 0 Å². The molecule has 1 rings (SSSR count). The largest absolute Gasteiger partial charge is 0.493 e. The molecule has 0 heterocycles. The lowest BCUT2D eigenvalue weighted by Crippen LogP contribution is -2.23. The molecule has 1 aromatic rings. The van der Waals surface area contributed by atoms with Crippen LogP contribution in [-0.2, 0) is 16.1 Å². The van der Waals surface area contributed by atoms with Crippen LogP contribution >= 0.6 is 0 Å². The second-order valence-electron chi connectivity index (χ2n) is 4.70. The molecule has 0 radical (unpaired) electrons. The van der Waals surface area contributed by atoms with Gasteiger partial charge in [-0.05, 0) is 17.7 Å². The predicted octanol–water partition coefficient (Wildman–Crippen LogP) is 1.28. The molecule has 112 valence electrons. The third-order valence-electron chi connectivity index (χ3n) is 2.82. The van der Waals surface area contributed by atoms with E-state index in [1.165, 1.54) is 5.56 Å². The van der Waals surface area contributed by atoms with Crippen molar-refractivity contribution in [3.05, 3.63) is 29.8 Å². The van der Waals surface area contributed by atoms with Gasteiger partial charge in [-0.25, -0.2) is 0 Å². The summed E-state index contributed by atoms with van der Waals surface area (Å²) >= 11 is 0. The van der Waals surface area contributed by atoms with Crippen molar-refractivity contribution < 1.29 is 14.3 Å². The molecular weight excluding hydrogens is 256 g/mol. The van der Waals surface area contributed by atoms with E-state index in [0.717, 1.165) is 18.8 Å².